The van der Waals surface area contributed by atoms with Crippen LogP contribution in [0.15, 0.2) is 18.2 Å². The molecule has 3 aliphatic rings. The van der Waals surface area contributed by atoms with Crippen LogP contribution in [0.2, 0.25) is 5.02 Å². The van der Waals surface area contributed by atoms with Gasteiger partial charge in [-0.3, -0.25) is 9.59 Å². The lowest BCUT2D eigenvalue weighted by Crippen LogP contribution is -2.49. The Kier molecular flexibility index (Phi) is 5.49. The number of phenols is 1. The highest BCUT2D eigenvalue weighted by atomic mass is 35.5. The van der Waals surface area contributed by atoms with E-state index in [0.29, 0.717) is 26.2 Å². The quantitative estimate of drug-likeness (QED) is 0.860. The number of aromatic hydroxyl groups is 1. The zero-order chi connectivity index (χ0) is 18.0. The number of piperidine rings is 1. The Hall–Kier alpha value is -1.79. The fraction of sp³-hybridized carbons (Fsp3) is 0.556. The van der Waals surface area contributed by atoms with Crippen LogP contribution in [0.3, 0.4) is 0 Å². The van der Waals surface area contributed by atoms with Gasteiger partial charge in [0.1, 0.15) is 5.75 Å². The molecule has 2 atom stereocenters. The van der Waals surface area contributed by atoms with Crippen molar-refractivity contribution in [2.24, 2.45) is 5.92 Å². The normalized spacial score (nSPS) is 23.0. The van der Waals surface area contributed by atoms with Crippen LogP contribution in [-0.2, 0) is 20.7 Å². The van der Waals surface area contributed by atoms with Crippen molar-refractivity contribution in [1.82, 2.24) is 9.80 Å². The van der Waals surface area contributed by atoms with Crippen molar-refractivity contribution in [1.29, 1.82) is 0 Å². The summed E-state index contributed by atoms with van der Waals surface area (Å²) in [5, 5.41) is 9.73. The van der Waals surface area contributed by atoms with Gasteiger partial charge in [-0.25, -0.2) is 0 Å². The van der Waals surface area contributed by atoms with E-state index in [4.69, 9.17) is 16.3 Å². The molecule has 1 aromatic carbocycles. The van der Waals surface area contributed by atoms with Gasteiger partial charge in [-0.15, -0.1) is 0 Å². The molecule has 3 heterocycles. The molecule has 136 valence electrons. The van der Waals surface area contributed by atoms with Crippen LogP contribution in [0, 0.1) is 5.92 Å². The van der Waals surface area contributed by atoms with Crippen LogP contribution < -0.4 is 0 Å². The molecular weight excluding hydrogens is 344 g/mol. The maximum atomic E-state index is 12.7. The molecule has 25 heavy (non-hydrogen) atoms. The van der Waals surface area contributed by atoms with Gasteiger partial charge in [0.05, 0.1) is 24.0 Å². The van der Waals surface area contributed by atoms with Gasteiger partial charge in [0.2, 0.25) is 11.8 Å². The lowest BCUT2D eigenvalue weighted by molar-refractivity contribution is -0.140. The number of benzene rings is 1. The number of hydrogen-bond acceptors (Lipinski definition) is 4. The Bertz CT molecular complexity index is 666. The first kappa shape index (κ1) is 18.0. The number of hydrogen-bond donors (Lipinski definition) is 1. The molecular formula is C18H23ClN2O4. The maximum absolute atomic E-state index is 12.7. The minimum atomic E-state index is -0.122. The molecule has 1 N–H and O–H groups in total. The third kappa shape index (κ3) is 3.90. The molecule has 0 saturated carbocycles. The lowest BCUT2D eigenvalue weighted by Gasteiger charge is -2.35. The monoisotopic (exact) mass is 366 g/mol. The first-order valence-electron chi connectivity index (χ1n) is 8.54. The van der Waals surface area contributed by atoms with Gasteiger partial charge < -0.3 is 19.6 Å². The molecule has 0 unspecified atom stereocenters. The summed E-state index contributed by atoms with van der Waals surface area (Å²) in [4.78, 5) is 29.0. The fourth-order valence-electron chi connectivity index (χ4n) is 3.67. The second-order valence-corrected chi connectivity index (χ2v) is 7.12. The highest BCUT2D eigenvalue weighted by Gasteiger charge is 2.41. The Morgan fingerprint density at radius 2 is 2.16 bits per heavy atom. The standard InChI is InChI=1S/C18H23ClN2O4/c1-25-7-6-21-14-4-3-13(18(21)24)10-20(11-14)17(23)9-12-2-5-16(22)15(19)8-12/h2,5,8,13-14,22H,3-4,6-7,9-11H2,1H3/t13-,14+/m1/s1. The molecule has 2 amide bonds. The van der Waals surface area contributed by atoms with Gasteiger partial charge in [-0.2, -0.15) is 0 Å². The van der Waals surface area contributed by atoms with Gasteiger partial charge >= 0.3 is 0 Å². The Labute approximate surface area is 152 Å². The van der Waals surface area contributed by atoms with E-state index in [0.717, 1.165) is 18.4 Å². The number of rotatable bonds is 5. The van der Waals surface area contributed by atoms with Crippen LogP contribution >= 0.6 is 11.6 Å². The highest BCUT2D eigenvalue weighted by molar-refractivity contribution is 6.32. The van der Waals surface area contributed by atoms with E-state index >= 15 is 0 Å². The third-order valence-electron chi connectivity index (χ3n) is 5.05. The molecule has 1 aromatic rings. The van der Waals surface area contributed by atoms with E-state index in [-0.39, 0.29) is 41.0 Å². The summed E-state index contributed by atoms with van der Waals surface area (Å²) >= 11 is 5.91. The van der Waals surface area contributed by atoms with Gasteiger partial charge in [0.15, 0.2) is 0 Å². The minimum Gasteiger partial charge on any atom is -0.506 e. The smallest absolute Gasteiger partial charge is 0.227 e. The van der Waals surface area contributed by atoms with E-state index in [1.807, 2.05) is 4.90 Å². The number of halogens is 1. The van der Waals surface area contributed by atoms with Crippen LogP contribution in [0.5, 0.6) is 5.75 Å². The SMILES string of the molecule is COCCN1C(=O)[C@@H]2CC[C@H]1CN(C(=O)Cc1ccc(O)c(Cl)c1)C2. The number of phenolic OH excluding ortho intramolecular Hbond substituents is 1. The Morgan fingerprint density at radius 3 is 2.88 bits per heavy atom. The first-order chi connectivity index (χ1) is 12.0. The van der Waals surface area contributed by atoms with Crippen LogP contribution in [-0.4, -0.2) is 66.1 Å². The topological polar surface area (TPSA) is 70.1 Å². The van der Waals surface area contributed by atoms with Crippen LogP contribution in [0.25, 0.3) is 0 Å². The van der Waals surface area contributed by atoms with Crippen molar-refractivity contribution in [3.8, 4) is 5.75 Å². The molecule has 0 spiro atoms. The summed E-state index contributed by atoms with van der Waals surface area (Å²) < 4.78 is 5.11. The number of nitrogens with zero attached hydrogens (tertiary/aromatic N) is 2. The molecule has 2 bridgehead atoms. The number of ether oxygens (including phenoxy) is 1. The molecule has 0 radical (unpaired) electrons. The summed E-state index contributed by atoms with van der Waals surface area (Å²) in [6, 6.07) is 4.86. The predicted octanol–water partition coefficient (Wildman–Crippen LogP) is 1.68. The van der Waals surface area contributed by atoms with Gasteiger partial charge in [0, 0.05) is 32.8 Å². The third-order valence-corrected chi connectivity index (χ3v) is 5.35. The minimum absolute atomic E-state index is 0.00469. The molecule has 3 aliphatic heterocycles. The van der Waals surface area contributed by atoms with Crippen molar-refractivity contribution in [3.05, 3.63) is 28.8 Å². The molecule has 0 aliphatic carbocycles. The zero-order valence-electron chi connectivity index (χ0n) is 14.3. The average molecular weight is 367 g/mol. The maximum Gasteiger partial charge on any atom is 0.227 e. The highest BCUT2D eigenvalue weighted by Crippen LogP contribution is 2.30. The number of amides is 2. The summed E-state index contributed by atoms with van der Waals surface area (Å²) in [5.74, 6) is 0.00403. The van der Waals surface area contributed by atoms with E-state index in [1.54, 1.807) is 24.1 Å². The second-order valence-electron chi connectivity index (χ2n) is 6.71. The van der Waals surface area contributed by atoms with Gasteiger partial charge in [-0.05, 0) is 30.5 Å². The van der Waals surface area contributed by atoms with Crippen LogP contribution in [0.1, 0.15) is 18.4 Å². The van der Waals surface area contributed by atoms with Crippen molar-refractivity contribution >= 4 is 23.4 Å². The van der Waals surface area contributed by atoms with Gasteiger partial charge in [0.25, 0.3) is 0 Å². The summed E-state index contributed by atoms with van der Waals surface area (Å²) in [6.07, 6.45) is 1.97. The number of fused-ring (bicyclic) bond motifs is 4. The molecule has 4 rings (SSSR count). The van der Waals surface area contributed by atoms with Gasteiger partial charge in [-0.1, -0.05) is 17.7 Å². The Balaban J connectivity index is 1.69. The second kappa shape index (κ2) is 7.62. The predicted molar refractivity (Wildman–Crippen MR) is 93.5 cm³/mol. The molecule has 7 heteroatoms. The average Bonchev–Trinajstić information content (AvgIpc) is 2.88. The van der Waals surface area contributed by atoms with Crippen molar-refractivity contribution in [2.75, 3.05) is 33.4 Å². The summed E-state index contributed by atoms with van der Waals surface area (Å²) in [6.45, 7) is 2.13. The van der Waals surface area contributed by atoms with Crippen LogP contribution in [0.4, 0.5) is 0 Å². The molecule has 6 nitrogen and oxygen atoms in total. The van der Waals surface area contributed by atoms with Crippen molar-refractivity contribution in [2.45, 2.75) is 25.3 Å². The molecule has 3 fully saturated rings. The fourth-order valence-corrected chi connectivity index (χ4v) is 3.88. The van der Waals surface area contributed by atoms with Crippen molar-refractivity contribution in [3.63, 3.8) is 0 Å². The number of methoxy groups -OCH3 is 1. The van der Waals surface area contributed by atoms with E-state index in [2.05, 4.69) is 0 Å². The van der Waals surface area contributed by atoms with E-state index < -0.39 is 0 Å². The van der Waals surface area contributed by atoms with Crippen molar-refractivity contribution < 1.29 is 19.4 Å². The largest absolute Gasteiger partial charge is 0.506 e. The summed E-state index contributed by atoms with van der Waals surface area (Å²) in [7, 11) is 1.62. The van der Waals surface area contributed by atoms with E-state index in [9.17, 15) is 14.7 Å². The molecule has 0 aromatic heterocycles. The molecule has 3 saturated heterocycles. The summed E-state index contributed by atoms with van der Waals surface area (Å²) in [5.41, 5.74) is 0.756. The zero-order valence-corrected chi connectivity index (χ0v) is 15.0. The number of carbonyl (C=O) groups is 2. The lowest BCUT2D eigenvalue weighted by atomic mass is 9.94. The Morgan fingerprint density at radius 1 is 1.36 bits per heavy atom. The number of carbonyl (C=O) groups excluding carboxylic acids is 2. The van der Waals surface area contributed by atoms with E-state index in [1.165, 1.54) is 6.07 Å². The first-order valence-corrected chi connectivity index (χ1v) is 8.92.